The first-order chi connectivity index (χ1) is 13.4. The molecule has 0 aliphatic carbocycles. The first-order valence-electron chi connectivity index (χ1n) is 9.44. The summed E-state index contributed by atoms with van der Waals surface area (Å²) in [7, 11) is 1.96. The fraction of sp³-hybridized carbons (Fsp3) is 0.208. The number of hydrogen-bond donors (Lipinski definition) is 2. The highest BCUT2D eigenvalue weighted by atomic mass is 19.1. The molecule has 0 saturated heterocycles. The molecule has 0 spiro atoms. The van der Waals surface area contributed by atoms with Gasteiger partial charge < -0.3 is 10.2 Å². The third-order valence-corrected chi connectivity index (χ3v) is 4.91. The number of likely N-dealkylation sites (N-methyl/N-ethyl adjacent to an activating group) is 1. The monoisotopic (exact) mass is 377 g/mol. The summed E-state index contributed by atoms with van der Waals surface area (Å²) in [4.78, 5) is 14.2. The van der Waals surface area contributed by atoms with Crippen molar-refractivity contribution in [2.24, 2.45) is 0 Å². The smallest absolute Gasteiger partial charge is 0.287 e. The first kappa shape index (κ1) is 19.8. The minimum Gasteiger partial charge on any atom is -0.320 e. The number of quaternary nitrogens is 1. The van der Waals surface area contributed by atoms with Crippen molar-refractivity contribution in [3.8, 4) is 0 Å². The summed E-state index contributed by atoms with van der Waals surface area (Å²) in [6.45, 7) is 4.53. The van der Waals surface area contributed by atoms with Crippen LogP contribution in [0.4, 0.5) is 10.1 Å². The Bertz CT molecular complexity index is 956. The zero-order valence-electron chi connectivity index (χ0n) is 16.5. The van der Waals surface area contributed by atoms with Crippen LogP contribution < -0.4 is 10.2 Å². The van der Waals surface area contributed by atoms with E-state index in [2.05, 4.69) is 5.32 Å². The van der Waals surface area contributed by atoms with Gasteiger partial charge >= 0.3 is 0 Å². The van der Waals surface area contributed by atoms with Crippen molar-refractivity contribution in [1.82, 2.24) is 0 Å². The lowest BCUT2D eigenvalue weighted by molar-refractivity contribution is -0.915. The van der Waals surface area contributed by atoms with Gasteiger partial charge in [-0.15, -0.1) is 0 Å². The predicted octanol–water partition coefficient (Wildman–Crippen LogP) is 3.84. The van der Waals surface area contributed by atoms with E-state index >= 15 is 0 Å². The van der Waals surface area contributed by atoms with Crippen LogP contribution in [0.3, 0.4) is 0 Å². The van der Waals surface area contributed by atoms with Crippen LogP contribution in [0.2, 0.25) is 0 Å². The van der Waals surface area contributed by atoms with Crippen LogP contribution >= 0.6 is 0 Å². The van der Waals surface area contributed by atoms with Gasteiger partial charge in [0.15, 0.2) is 6.04 Å². The molecule has 3 nitrogen and oxygen atoms in total. The maximum Gasteiger partial charge on any atom is 0.287 e. The average Bonchev–Trinajstić information content (AvgIpc) is 2.66. The van der Waals surface area contributed by atoms with Crippen molar-refractivity contribution < 1.29 is 14.1 Å². The van der Waals surface area contributed by atoms with E-state index in [0.717, 1.165) is 32.8 Å². The maximum atomic E-state index is 13.6. The van der Waals surface area contributed by atoms with Crippen LogP contribution in [0, 0.1) is 19.7 Å². The molecule has 144 valence electrons. The zero-order valence-corrected chi connectivity index (χ0v) is 16.5. The van der Waals surface area contributed by atoms with Crippen molar-refractivity contribution in [3.05, 3.63) is 101 Å². The Hall–Kier alpha value is -2.98. The average molecular weight is 377 g/mol. The number of halogens is 1. The molecule has 28 heavy (non-hydrogen) atoms. The Morgan fingerprint density at radius 1 is 1.00 bits per heavy atom. The number of carbonyl (C=O) groups excluding carboxylic acids is 1. The van der Waals surface area contributed by atoms with Crippen LogP contribution in [-0.4, -0.2) is 13.0 Å². The topological polar surface area (TPSA) is 33.5 Å². The van der Waals surface area contributed by atoms with Crippen LogP contribution in [0.5, 0.6) is 0 Å². The van der Waals surface area contributed by atoms with Gasteiger partial charge in [-0.05, 0) is 43.2 Å². The minimum atomic E-state index is -0.413. The summed E-state index contributed by atoms with van der Waals surface area (Å²) in [6, 6.07) is 21.9. The number of anilines is 1. The predicted molar refractivity (Wildman–Crippen MR) is 111 cm³/mol. The van der Waals surface area contributed by atoms with Crippen molar-refractivity contribution in [2.45, 2.75) is 26.4 Å². The number of rotatable bonds is 6. The first-order valence-corrected chi connectivity index (χ1v) is 9.44. The summed E-state index contributed by atoms with van der Waals surface area (Å²) in [5.41, 5.74) is 4.73. The second kappa shape index (κ2) is 8.81. The van der Waals surface area contributed by atoms with E-state index in [1.54, 1.807) is 6.07 Å². The fourth-order valence-electron chi connectivity index (χ4n) is 3.45. The van der Waals surface area contributed by atoms with Crippen molar-refractivity contribution in [3.63, 3.8) is 0 Å². The third-order valence-electron chi connectivity index (χ3n) is 4.91. The molecule has 1 amide bonds. The molecule has 4 heteroatoms. The van der Waals surface area contributed by atoms with Gasteiger partial charge in [-0.2, -0.15) is 0 Å². The number of nitrogens with one attached hydrogen (secondary N) is 2. The number of hydrogen-bond acceptors (Lipinski definition) is 1. The molecule has 0 aliphatic heterocycles. The minimum absolute atomic E-state index is 0.0752. The van der Waals surface area contributed by atoms with Crippen LogP contribution in [0.1, 0.15) is 28.3 Å². The standard InChI is InChI=1S/C24H25FN2O/c1-17-12-13-18(2)22(14-17)26-24(28)23(20-9-5-4-6-10-20)27(3)16-19-8-7-11-21(25)15-19/h4-15,23H,16H2,1-3H3,(H,26,28)/p+1/t23-/m0/s1. The van der Waals surface area contributed by atoms with Gasteiger partial charge in [0.25, 0.3) is 5.91 Å². The Morgan fingerprint density at radius 3 is 2.46 bits per heavy atom. The van der Waals surface area contributed by atoms with Crippen molar-refractivity contribution >= 4 is 11.6 Å². The van der Waals surface area contributed by atoms with Gasteiger partial charge in [0, 0.05) is 16.8 Å². The van der Waals surface area contributed by atoms with Crippen molar-refractivity contribution in [2.75, 3.05) is 12.4 Å². The largest absolute Gasteiger partial charge is 0.320 e. The van der Waals surface area contributed by atoms with Crippen molar-refractivity contribution in [1.29, 1.82) is 0 Å². The third kappa shape index (κ3) is 4.84. The zero-order chi connectivity index (χ0) is 20.1. The molecular weight excluding hydrogens is 351 g/mol. The fourth-order valence-corrected chi connectivity index (χ4v) is 3.45. The molecule has 0 radical (unpaired) electrons. The molecule has 1 unspecified atom stereocenters. The Labute approximate surface area is 165 Å². The highest BCUT2D eigenvalue weighted by Gasteiger charge is 2.29. The van der Waals surface area contributed by atoms with Gasteiger partial charge in [-0.25, -0.2) is 4.39 Å². The molecular formula is C24H26FN2O+. The second-order valence-electron chi connectivity index (χ2n) is 7.30. The number of benzene rings is 3. The molecule has 0 saturated carbocycles. The summed E-state index contributed by atoms with van der Waals surface area (Å²) in [5.74, 6) is -0.338. The van der Waals surface area contributed by atoms with E-state index in [-0.39, 0.29) is 11.7 Å². The van der Waals surface area contributed by atoms with Gasteiger partial charge in [0.1, 0.15) is 12.4 Å². The Kier molecular flexibility index (Phi) is 6.22. The maximum absolute atomic E-state index is 13.6. The molecule has 0 aliphatic rings. The van der Waals surface area contributed by atoms with E-state index in [0.29, 0.717) is 6.54 Å². The quantitative estimate of drug-likeness (QED) is 0.672. The van der Waals surface area contributed by atoms with E-state index in [1.807, 2.05) is 75.5 Å². The summed E-state index contributed by atoms with van der Waals surface area (Å²) in [6.07, 6.45) is 0. The van der Waals surface area contributed by atoms with E-state index in [1.165, 1.54) is 12.1 Å². The van der Waals surface area contributed by atoms with Gasteiger partial charge in [0.2, 0.25) is 0 Å². The van der Waals surface area contributed by atoms with Gasteiger partial charge in [-0.3, -0.25) is 4.79 Å². The number of aryl methyl sites for hydroxylation is 2. The van der Waals surface area contributed by atoms with Crippen LogP contribution in [-0.2, 0) is 11.3 Å². The SMILES string of the molecule is Cc1ccc(C)c(NC(=O)[C@H](c2ccccc2)[NH+](C)Cc2cccc(F)c2)c1. The molecule has 0 fully saturated rings. The van der Waals surface area contributed by atoms with Gasteiger partial charge in [-0.1, -0.05) is 54.6 Å². The molecule has 2 N–H and O–H groups in total. The molecule has 3 rings (SSSR count). The van der Waals surface area contributed by atoms with Crippen LogP contribution in [0.25, 0.3) is 0 Å². The summed E-state index contributed by atoms with van der Waals surface area (Å²) >= 11 is 0. The summed E-state index contributed by atoms with van der Waals surface area (Å²) < 4.78 is 13.6. The van der Waals surface area contributed by atoms with Gasteiger partial charge in [0.05, 0.1) is 7.05 Å². The number of carbonyl (C=O) groups is 1. The molecule has 3 aromatic rings. The normalized spacial score (nSPS) is 13.0. The molecule has 3 aromatic carbocycles. The van der Waals surface area contributed by atoms with E-state index in [4.69, 9.17) is 0 Å². The Morgan fingerprint density at radius 2 is 1.75 bits per heavy atom. The Balaban J connectivity index is 1.88. The van der Waals surface area contributed by atoms with E-state index < -0.39 is 6.04 Å². The molecule has 0 heterocycles. The lowest BCUT2D eigenvalue weighted by atomic mass is 10.0. The van der Waals surface area contributed by atoms with Crippen LogP contribution in [0.15, 0.2) is 72.8 Å². The van der Waals surface area contributed by atoms with E-state index in [9.17, 15) is 9.18 Å². The lowest BCUT2D eigenvalue weighted by Gasteiger charge is -2.25. The number of amides is 1. The highest BCUT2D eigenvalue weighted by molar-refractivity contribution is 5.95. The highest BCUT2D eigenvalue weighted by Crippen LogP contribution is 2.19. The summed E-state index contributed by atoms with van der Waals surface area (Å²) in [5, 5.41) is 3.09. The lowest BCUT2D eigenvalue weighted by Crippen LogP contribution is -3.09. The second-order valence-corrected chi connectivity index (χ2v) is 7.30. The molecule has 2 atom stereocenters. The molecule has 0 aromatic heterocycles. The molecule has 0 bridgehead atoms.